The first kappa shape index (κ1) is 11.5. The Morgan fingerprint density at radius 2 is 2.21 bits per heavy atom. The van der Waals surface area contributed by atoms with Gasteiger partial charge in [-0.2, -0.15) is 5.10 Å². The van der Waals surface area contributed by atoms with Gasteiger partial charge in [-0.25, -0.2) is 8.42 Å². The van der Waals surface area contributed by atoms with Crippen molar-refractivity contribution in [2.75, 3.05) is 0 Å². The van der Waals surface area contributed by atoms with Crippen molar-refractivity contribution in [3.8, 4) is 0 Å². The number of hydrogen-bond donors (Lipinski definition) is 0. The van der Waals surface area contributed by atoms with E-state index in [4.69, 9.17) is 10.7 Å². The van der Waals surface area contributed by atoms with Crippen LogP contribution >= 0.6 is 10.7 Å². The molecule has 0 aromatic carbocycles. The number of unbranched alkanes of at least 4 members (excludes halogenated alkanes) is 2. The van der Waals surface area contributed by atoms with Gasteiger partial charge in [0.15, 0.2) is 0 Å². The molecule has 14 heavy (non-hydrogen) atoms. The molecular weight excluding hydrogens is 224 g/mol. The van der Waals surface area contributed by atoms with Gasteiger partial charge >= 0.3 is 0 Å². The van der Waals surface area contributed by atoms with Crippen LogP contribution in [0.1, 0.15) is 26.2 Å². The van der Waals surface area contributed by atoms with Crippen LogP contribution in [0.3, 0.4) is 0 Å². The van der Waals surface area contributed by atoms with Gasteiger partial charge in [-0.05, 0) is 6.42 Å². The van der Waals surface area contributed by atoms with Crippen LogP contribution in [-0.2, 0) is 15.6 Å². The molecular formula is C8H13ClN2O2S. The summed E-state index contributed by atoms with van der Waals surface area (Å²) in [6.07, 6.45) is 5.97. The second-order valence-corrected chi connectivity index (χ2v) is 5.65. The van der Waals surface area contributed by atoms with E-state index in [-0.39, 0.29) is 4.90 Å². The minimum Gasteiger partial charge on any atom is -0.271 e. The van der Waals surface area contributed by atoms with Gasteiger partial charge in [0.2, 0.25) is 0 Å². The molecule has 0 fully saturated rings. The molecule has 1 heterocycles. The van der Waals surface area contributed by atoms with Crippen LogP contribution < -0.4 is 0 Å². The Morgan fingerprint density at radius 1 is 1.50 bits per heavy atom. The third-order valence-corrected chi connectivity index (χ3v) is 3.19. The third kappa shape index (κ3) is 3.31. The minimum absolute atomic E-state index is 0.0654. The van der Waals surface area contributed by atoms with E-state index in [9.17, 15) is 8.42 Å². The lowest BCUT2D eigenvalue weighted by atomic mass is 10.2. The van der Waals surface area contributed by atoms with Crippen molar-refractivity contribution in [1.82, 2.24) is 9.78 Å². The fraction of sp³-hybridized carbons (Fsp3) is 0.625. The fourth-order valence-electron chi connectivity index (χ4n) is 1.12. The molecule has 0 spiro atoms. The van der Waals surface area contributed by atoms with Gasteiger partial charge in [-0.1, -0.05) is 19.8 Å². The molecule has 4 nitrogen and oxygen atoms in total. The lowest BCUT2D eigenvalue weighted by Crippen LogP contribution is -1.97. The van der Waals surface area contributed by atoms with Crippen LogP contribution in [0, 0.1) is 0 Å². The summed E-state index contributed by atoms with van der Waals surface area (Å²) in [6.45, 7) is 2.85. The quantitative estimate of drug-likeness (QED) is 0.581. The highest BCUT2D eigenvalue weighted by Gasteiger charge is 2.11. The van der Waals surface area contributed by atoms with E-state index in [1.165, 1.54) is 12.4 Å². The molecule has 0 saturated carbocycles. The molecule has 1 aromatic rings. The van der Waals surface area contributed by atoms with Gasteiger partial charge in [0.1, 0.15) is 4.90 Å². The zero-order valence-corrected chi connectivity index (χ0v) is 9.55. The number of aryl methyl sites for hydroxylation is 1. The molecule has 1 rings (SSSR count). The first-order valence-electron chi connectivity index (χ1n) is 4.51. The summed E-state index contributed by atoms with van der Waals surface area (Å²) in [5.74, 6) is 0. The van der Waals surface area contributed by atoms with Crippen molar-refractivity contribution < 1.29 is 8.42 Å². The molecule has 0 aliphatic rings. The smallest absolute Gasteiger partial charge is 0.264 e. The molecule has 1 aromatic heterocycles. The van der Waals surface area contributed by atoms with Crippen LogP contribution in [0.15, 0.2) is 17.3 Å². The highest BCUT2D eigenvalue weighted by Crippen LogP contribution is 2.13. The SMILES string of the molecule is CCCCCn1cc(S(=O)(=O)Cl)cn1. The van der Waals surface area contributed by atoms with Gasteiger partial charge in [0.25, 0.3) is 9.05 Å². The highest BCUT2D eigenvalue weighted by molar-refractivity contribution is 8.13. The number of aromatic nitrogens is 2. The Hall–Kier alpha value is -0.550. The van der Waals surface area contributed by atoms with Crippen molar-refractivity contribution in [2.24, 2.45) is 0 Å². The molecule has 6 heteroatoms. The second-order valence-electron chi connectivity index (χ2n) is 3.08. The van der Waals surface area contributed by atoms with Crippen molar-refractivity contribution in [3.63, 3.8) is 0 Å². The zero-order chi connectivity index (χ0) is 10.6. The monoisotopic (exact) mass is 236 g/mol. The average molecular weight is 237 g/mol. The third-order valence-electron chi connectivity index (χ3n) is 1.88. The van der Waals surface area contributed by atoms with Crippen LogP contribution in [0.5, 0.6) is 0 Å². The normalized spacial score (nSPS) is 11.9. The largest absolute Gasteiger partial charge is 0.271 e. The summed E-state index contributed by atoms with van der Waals surface area (Å²) in [5.41, 5.74) is 0. The Balaban J connectivity index is 2.60. The first-order valence-corrected chi connectivity index (χ1v) is 6.82. The lowest BCUT2D eigenvalue weighted by Gasteiger charge is -1.98. The van der Waals surface area contributed by atoms with Gasteiger partial charge in [0.05, 0.1) is 6.20 Å². The number of nitrogens with zero attached hydrogens (tertiary/aromatic N) is 2. The van der Waals surface area contributed by atoms with Crippen LogP contribution in [0.4, 0.5) is 0 Å². The fourth-order valence-corrected chi connectivity index (χ4v) is 1.78. The van der Waals surface area contributed by atoms with Crippen LogP contribution in [0.2, 0.25) is 0 Å². The van der Waals surface area contributed by atoms with E-state index >= 15 is 0 Å². The molecule has 0 aliphatic carbocycles. The van der Waals surface area contributed by atoms with Crippen molar-refractivity contribution in [3.05, 3.63) is 12.4 Å². The lowest BCUT2D eigenvalue weighted by molar-refractivity contribution is 0.552. The molecule has 0 saturated heterocycles. The Bertz CT molecular complexity index is 386. The van der Waals surface area contributed by atoms with Gasteiger partial charge in [0, 0.05) is 23.4 Å². The maximum Gasteiger partial charge on any atom is 0.264 e. The topological polar surface area (TPSA) is 52.0 Å². The summed E-state index contributed by atoms with van der Waals surface area (Å²) in [6, 6.07) is 0. The van der Waals surface area contributed by atoms with Crippen LogP contribution in [0.25, 0.3) is 0 Å². The van der Waals surface area contributed by atoms with Crippen molar-refractivity contribution >= 4 is 19.7 Å². The van der Waals surface area contributed by atoms with Crippen LogP contribution in [-0.4, -0.2) is 18.2 Å². The Morgan fingerprint density at radius 3 is 2.71 bits per heavy atom. The maximum atomic E-state index is 10.9. The van der Waals surface area contributed by atoms with E-state index in [2.05, 4.69) is 12.0 Å². The predicted molar refractivity (Wildman–Crippen MR) is 54.8 cm³/mol. The molecule has 0 aliphatic heterocycles. The van der Waals surface area contributed by atoms with E-state index in [0.29, 0.717) is 0 Å². The van der Waals surface area contributed by atoms with Crippen molar-refractivity contribution in [1.29, 1.82) is 0 Å². The number of hydrogen-bond acceptors (Lipinski definition) is 3. The summed E-state index contributed by atoms with van der Waals surface area (Å²) >= 11 is 0. The Kier molecular flexibility index (Phi) is 3.95. The number of rotatable bonds is 5. The molecule has 0 bridgehead atoms. The van der Waals surface area contributed by atoms with Gasteiger partial charge in [-0.15, -0.1) is 0 Å². The average Bonchev–Trinajstić information content (AvgIpc) is 2.52. The summed E-state index contributed by atoms with van der Waals surface area (Å²) in [7, 11) is 1.53. The summed E-state index contributed by atoms with van der Waals surface area (Å²) in [5, 5.41) is 3.91. The zero-order valence-electron chi connectivity index (χ0n) is 7.98. The summed E-state index contributed by atoms with van der Waals surface area (Å²) < 4.78 is 23.4. The second kappa shape index (κ2) is 4.79. The molecule has 0 unspecified atom stereocenters. The van der Waals surface area contributed by atoms with Gasteiger partial charge < -0.3 is 0 Å². The first-order chi connectivity index (χ1) is 6.54. The highest BCUT2D eigenvalue weighted by atomic mass is 35.7. The number of halogens is 1. The molecule has 0 N–H and O–H groups in total. The Labute approximate surface area is 88.3 Å². The minimum atomic E-state index is -3.62. The van der Waals surface area contributed by atoms with Gasteiger partial charge in [-0.3, -0.25) is 4.68 Å². The van der Waals surface area contributed by atoms with E-state index in [1.54, 1.807) is 4.68 Å². The van der Waals surface area contributed by atoms with E-state index in [1.807, 2.05) is 0 Å². The van der Waals surface area contributed by atoms with Crippen molar-refractivity contribution in [2.45, 2.75) is 37.6 Å². The molecule has 0 atom stereocenters. The maximum absolute atomic E-state index is 10.9. The summed E-state index contributed by atoms with van der Waals surface area (Å²) in [4.78, 5) is 0.0654. The van der Waals surface area contributed by atoms with E-state index < -0.39 is 9.05 Å². The predicted octanol–water partition coefficient (Wildman–Crippen LogP) is 2.00. The standard InChI is InChI=1S/C8H13ClN2O2S/c1-2-3-4-5-11-7-8(6-10-11)14(9,12)13/h6-7H,2-5H2,1H3. The molecule has 0 amide bonds. The molecule has 80 valence electrons. The molecule has 0 radical (unpaired) electrons. The van der Waals surface area contributed by atoms with E-state index in [0.717, 1.165) is 25.8 Å².